The van der Waals surface area contributed by atoms with Crippen LogP contribution in [0.4, 0.5) is 0 Å². The Kier molecular flexibility index (Phi) is 3.84. The van der Waals surface area contributed by atoms with E-state index in [9.17, 15) is 0 Å². The fourth-order valence-electron chi connectivity index (χ4n) is 3.79. The third kappa shape index (κ3) is 2.93. The average molecular weight is 324 g/mol. The highest BCUT2D eigenvalue weighted by atomic mass is 14.3. The van der Waals surface area contributed by atoms with Gasteiger partial charge in [-0.1, -0.05) is 93.6 Å². The molecule has 0 aromatic heterocycles. The molecule has 1 aliphatic carbocycles. The van der Waals surface area contributed by atoms with E-state index in [1.807, 2.05) is 0 Å². The van der Waals surface area contributed by atoms with Crippen LogP contribution in [0.5, 0.6) is 0 Å². The van der Waals surface area contributed by atoms with Gasteiger partial charge in [0.05, 0.1) is 0 Å². The van der Waals surface area contributed by atoms with Gasteiger partial charge in [-0.05, 0) is 56.9 Å². The van der Waals surface area contributed by atoms with E-state index in [1.165, 1.54) is 39.0 Å². The van der Waals surface area contributed by atoms with Crippen molar-refractivity contribution in [2.75, 3.05) is 0 Å². The highest BCUT2D eigenvalue weighted by Crippen LogP contribution is 2.42. The van der Waals surface area contributed by atoms with Crippen LogP contribution in [-0.2, 0) is 11.8 Å². The van der Waals surface area contributed by atoms with Crippen molar-refractivity contribution in [3.8, 4) is 11.1 Å². The predicted molar refractivity (Wildman–Crippen MR) is 109 cm³/mol. The molecule has 0 heterocycles. The highest BCUT2D eigenvalue weighted by Gasteiger charge is 2.25. The lowest BCUT2D eigenvalue weighted by Crippen LogP contribution is -2.13. The topological polar surface area (TPSA) is 0 Å². The third-order valence-corrected chi connectivity index (χ3v) is 5.05. The molecular formula is C25H24. The summed E-state index contributed by atoms with van der Waals surface area (Å²) in [6.07, 6.45) is 3.42. The second-order valence-corrected chi connectivity index (χ2v) is 7.89. The summed E-state index contributed by atoms with van der Waals surface area (Å²) in [5.74, 6) is 0. The molecule has 0 saturated carbocycles. The van der Waals surface area contributed by atoms with Gasteiger partial charge in [-0.2, -0.15) is 0 Å². The Hall–Kier alpha value is -2.60. The molecule has 0 bridgehead atoms. The minimum absolute atomic E-state index is 0.115. The van der Waals surface area contributed by atoms with E-state index in [4.69, 9.17) is 0 Å². The molecule has 0 aliphatic heterocycles. The zero-order valence-corrected chi connectivity index (χ0v) is 15.2. The van der Waals surface area contributed by atoms with Gasteiger partial charge >= 0.3 is 0 Å². The molecule has 3 aromatic rings. The molecule has 3 aromatic carbocycles. The first-order valence-electron chi connectivity index (χ1n) is 9.02. The van der Waals surface area contributed by atoms with Crippen LogP contribution < -0.4 is 0 Å². The molecule has 0 fully saturated rings. The Labute approximate surface area is 150 Å². The predicted octanol–water partition coefficient (Wildman–Crippen LogP) is 6.75. The summed E-state index contributed by atoms with van der Waals surface area (Å²) in [6.45, 7) is 6.91. The minimum atomic E-state index is 0.115. The van der Waals surface area contributed by atoms with Gasteiger partial charge in [-0.3, -0.25) is 0 Å². The normalized spacial score (nSPS) is 13.5. The van der Waals surface area contributed by atoms with E-state index < -0.39 is 0 Å². The number of rotatable bonds is 2. The van der Waals surface area contributed by atoms with Crippen LogP contribution in [0.25, 0.3) is 22.8 Å². The van der Waals surface area contributed by atoms with E-state index in [2.05, 4.69) is 99.6 Å². The Morgan fingerprint density at radius 1 is 0.680 bits per heavy atom. The Balaban J connectivity index is 1.94. The first-order valence-corrected chi connectivity index (χ1v) is 9.02. The molecule has 0 saturated heterocycles. The van der Waals surface area contributed by atoms with E-state index in [0.717, 1.165) is 6.42 Å². The van der Waals surface area contributed by atoms with Crippen molar-refractivity contribution in [3.63, 3.8) is 0 Å². The molecule has 0 radical (unpaired) electrons. The van der Waals surface area contributed by atoms with Crippen LogP contribution in [0, 0.1) is 0 Å². The lowest BCUT2D eigenvalue weighted by Gasteiger charge is -2.25. The number of benzene rings is 3. The van der Waals surface area contributed by atoms with Crippen LogP contribution in [0.3, 0.4) is 0 Å². The molecule has 25 heavy (non-hydrogen) atoms. The molecule has 124 valence electrons. The summed E-state index contributed by atoms with van der Waals surface area (Å²) in [7, 11) is 0. The molecule has 0 heteroatoms. The fourth-order valence-corrected chi connectivity index (χ4v) is 3.79. The van der Waals surface area contributed by atoms with Crippen molar-refractivity contribution in [3.05, 3.63) is 95.1 Å². The van der Waals surface area contributed by atoms with E-state index in [-0.39, 0.29) is 5.41 Å². The first kappa shape index (κ1) is 15.9. The third-order valence-electron chi connectivity index (χ3n) is 5.05. The van der Waals surface area contributed by atoms with Crippen LogP contribution in [-0.4, -0.2) is 0 Å². The number of fused-ring (bicyclic) bond motifs is 1. The number of hydrogen-bond acceptors (Lipinski definition) is 0. The van der Waals surface area contributed by atoms with Gasteiger partial charge < -0.3 is 0 Å². The fraction of sp³-hybridized carbons (Fsp3) is 0.200. The van der Waals surface area contributed by atoms with Crippen molar-refractivity contribution in [1.82, 2.24) is 0 Å². The quantitative estimate of drug-likeness (QED) is 0.489. The van der Waals surface area contributed by atoms with Gasteiger partial charge in [0.15, 0.2) is 0 Å². The largest absolute Gasteiger partial charge is 0.0622 e. The van der Waals surface area contributed by atoms with Crippen molar-refractivity contribution in [1.29, 1.82) is 0 Å². The average Bonchev–Trinajstić information content (AvgIpc) is 3.06. The summed E-state index contributed by atoms with van der Waals surface area (Å²) in [5.41, 5.74) is 9.83. The maximum Gasteiger partial charge on any atom is -0.00134 e. The lowest BCUT2D eigenvalue weighted by atomic mass is 9.79. The number of hydrogen-bond donors (Lipinski definition) is 0. The summed E-state index contributed by atoms with van der Waals surface area (Å²) < 4.78 is 0. The van der Waals surface area contributed by atoms with Crippen LogP contribution in [0.2, 0.25) is 0 Å². The monoisotopic (exact) mass is 324 g/mol. The summed E-state index contributed by atoms with van der Waals surface area (Å²) in [4.78, 5) is 0. The van der Waals surface area contributed by atoms with Crippen LogP contribution >= 0.6 is 0 Å². The Bertz CT molecular complexity index is 923. The number of allylic oxidation sites excluding steroid dienone is 1. The van der Waals surface area contributed by atoms with Crippen LogP contribution in [0.15, 0.2) is 72.8 Å². The molecule has 0 amide bonds. The van der Waals surface area contributed by atoms with Gasteiger partial charge in [0.25, 0.3) is 0 Å². The molecule has 0 N–H and O–H groups in total. The molecule has 4 rings (SSSR count). The zero-order chi connectivity index (χ0) is 17.4. The van der Waals surface area contributed by atoms with E-state index >= 15 is 0 Å². The zero-order valence-electron chi connectivity index (χ0n) is 15.2. The van der Waals surface area contributed by atoms with Gasteiger partial charge in [-0.15, -0.1) is 0 Å². The first-order chi connectivity index (χ1) is 12.0. The second kappa shape index (κ2) is 6.04. The standard InChI is InChI=1S/C25H24/c1-25(2,3)23-15-14-20-16-21(18-10-6-4-7-11-18)17-22(20)24(23)19-12-8-5-9-13-19/h4-15,17H,16H2,1-3H3. The van der Waals surface area contributed by atoms with Gasteiger partial charge in [-0.25, -0.2) is 0 Å². The van der Waals surface area contributed by atoms with Crippen LogP contribution in [0.1, 0.15) is 43.0 Å². The maximum atomic E-state index is 2.40. The molecule has 0 unspecified atom stereocenters. The Morgan fingerprint density at radius 3 is 1.88 bits per heavy atom. The summed E-state index contributed by atoms with van der Waals surface area (Å²) >= 11 is 0. The molecule has 0 atom stereocenters. The molecule has 1 aliphatic rings. The molecule has 0 spiro atoms. The lowest BCUT2D eigenvalue weighted by molar-refractivity contribution is 0.591. The van der Waals surface area contributed by atoms with E-state index in [0.29, 0.717) is 0 Å². The second-order valence-electron chi connectivity index (χ2n) is 7.89. The van der Waals surface area contributed by atoms with Crippen molar-refractivity contribution in [2.24, 2.45) is 0 Å². The summed E-state index contributed by atoms with van der Waals surface area (Å²) in [6, 6.07) is 26.3. The van der Waals surface area contributed by atoms with Gasteiger partial charge in [0, 0.05) is 0 Å². The van der Waals surface area contributed by atoms with Gasteiger partial charge in [0.1, 0.15) is 0 Å². The SMILES string of the molecule is CC(C)(C)c1ccc2c(c1-c1ccccc1)C=C(c1ccccc1)C2. The minimum Gasteiger partial charge on any atom is -0.0622 e. The molecular weight excluding hydrogens is 300 g/mol. The van der Waals surface area contributed by atoms with Gasteiger partial charge in [0.2, 0.25) is 0 Å². The Morgan fingerprint density at radius 2 is 1.28 bits per heavy atom. The summed E-state index contributed by atoms with van der Waals surface area (Å²) in [5, 5.41) is 0. The molecule has 0 nitrogen and oxygen atoms in total. The van der Waals surface area contributed by atoms with Crippen molar-refractivity contribution in [2.45, 2.75) is 32.6 Å². The maximum absolute atomic E-state index is 2.40. The highest BCUT2D eigenvalue weighted by molar-refractivity contribution is 5.95. The van der Waals surface area contributed by atoms with Crippen molar-refractivity contribution < 1.29 is 0 Å². The van der Waals surface area contributed by atoms with E-state index in [1.54, 1.807) is 0 Å². The smallest absolute Gasteiger partial charge is 0.00134 e. The van der Waals surface area contributed by atoms with Crippen molar-refractivity contribution >= 4 is 11.6 Å².